The first-order valence-electron chi connectivity index (χ1n) is 9.99. The van der Waals surface area contributed by atoms with Gasteiger partial charge in [0.25, 0.3) is 5.91 Å². The van der Waals surface area contributed by atoms with Crippen LogP contribution in [-0.2, 0) is 20.4 Å². The van der Waals surface area contributed by atoms with E-state index in [0.29, 0.717) is 25.9 Å². The van der Waals surface area contributed by atoms with E-state index in [1.165, 1.54) is 5.56 Å². The van der Waals surface area contributed by atoms with E-state index >= 15 is 0 Å². The molecule has 1 aromatic carbocycles. The normalized spacial score (nSPS) is 16.0. The maximum atomic E-state index is 12.6. The molecule has 3 N–H and O–H groups in total. The Morgan fingerprint density at radius 1 is 1.11 bits per heavy atom. The Morgan fingerprint density at radius 3 is 2.21 bits per heavy atom. The fourth-order valence-electron chi connectivity index (χ4n) is 3.45. The van der Waals surface area contributed by atoms with Gasteiger partial charge in [0.05, 0.1) is 0 Å². The first kappa shape index (κ1) is 22.2. The summed E-state index contributed by atoms with van der Waals surface area (Å²) in [5, 5.41) is 0. The highest BCUT2D eigenvalue weighted by Crippen LogP contribution is 2.35. The van der Waals surface area contributed by atoms with Crippen LogP contribution in [0.4, 0.5) is 0 Å². The zero-order valence-electron chi connectivity index (χ0n) is 18.1. The number of carbonyl (C=O) groups is 2. The summed E-state index contributed by atoms with van der Waals surface area (Å²) in [5.74, 6) is 5.63. The minimum absolute atomic E-state index is 0.00565. The topological polar surface area (TPSA) is 84.7 Å². The molecule has 6 nitrogen and oxygen atoms in total. The highest BCUT2D eigenvalue weighted by Gasteiger charge is 2.28. The fourth-order valence-corrected chi connectivity index (χ4v) is 3.45. The van der Waals surface area contributed by atoms with E-state index in [1.807, 2.05) is 6.07 Å². The van der Waals surface area contributed by atoms with E-state index in [4.69, 9.17) is 10.6 Å². The van der Waals surface area contributed by atoms with Crippen LogP contribution in [0.15, 0.2) is 18.2 Å². The van der Waals surface area contributed by atoms with Crippen LogP contribution < -0.4 is 16.0 Å². The molecule has 0 spiro atoms. The molecule has 0 aliphatic carbocycles. The quantitative estimate of drug-likeness (QED) is 0.471. The van der Waals surface area contributed by atoms with Gasteiger partial charge in [0.15, 0.2) is 6.61 Å². The molecule has 28 heavy (non-hydrogen) atoms. The number of amides is 2. The smallest absolute Gasteiger partial charge is 0.260 e. The second kappa shape index (κ2) is 8.52. The van der Waals surface area contributed by atoms with Crippen molar-refractivity contribution in [1.82, 2.24) is 10.3 Å². The van der Waals surface area contributed by atoms with Gasteiger partial charge in [-0.25, -0.2) is 5.84 Å². The van der Waals surface area contributed by atoms with Gasteiger partial charge in [-0.1, -0.05) is 53.7 Å². The predicted molar refractivity (Wildman–Crippen MR) is 111 cm³/mol. The molecule has 6 heteroatoms. The highest BCUT2D eigenvalue weighted by atomic mass is 16.5. The van der Waals surface area contributed by atoms with Crippen molar-refractivity contribution in [2.75, 3.05) is 19.7 Å². The Labute approximate surface area is 168 Å². The molecule has 0 bridgehead atoms. The first-order chi connectivity index (χ1) is 12.9. The third-order valence-corrected chi connectivity index (χ3v) is 5.37. The monoisotopic (exact) mass is 389 g/mol. The number of likely N-dealkylation sites (tertiary alicyclic amines) is 1. The molecule has 0 radical (unpaired) electrons. The molecule has 2 amide bonds. The summed E-state index contributed by atoms with van der Waals surface area (Å²) in [6.45, 7) is 14.1. The van der Waals surface area contributed by atoms with E-state index in [9.17, 15) is 9.59 Å². The molecule has 1 saturated heterocycles. The standard InChI is InChI=1S/C22H35N3O3/c1-21(2,3)16-7-8-18(17(13-16)22(4,5)6)28-14-19(26)25-11-9-15(10-12-25)20(27)24-23/h7-8,13,15H,9-12,14,23H2,1-6H3,(H,24,27). The summed E-state index contributed by atoms with van der Waals surface area (Å²) in [6, 6.07) is 6.25. The van der Waals surface area contributed by atoms with Crippen molar-refractivity contribution in [2.24, 2.45) is 11.8 Å². The third kappa shape index (κ3) is 5.47. The average molecular weight is 390 g/mol. The van der Waals surface area contributed by atoms with Gasteiger partial charge >= 0.3 is 0 Å². The van der Waals surface area contributed by atoms with Crippen LogP contribution in [0.3, 0.4) is 0 Å². The molecule has 1 fully saturated rings. The summed E-state index contributed by atoms with van der Waals surface area (Å²) in [7, 11) is 0. The lowest BCUT2D eigenvalue weighted by Crippen LogP contribution is -2.45. The first-order valence-corrected chi connectivity index (χ1v) is 9.99. The van der Waals surface area contributed by atoms with Crippen molar-refractivity contribution in [3.05, 3.63) is 29.3 Å². The van der Waals surface area contributed by atoms with Gasteiger partial charge in [-0.3, -0.25) is 15.0 Å². The zero-order chi connectivity index (χ0) is 21.1. The Bertz CT molecular complexity index is 709. The molecule has 1 aliphatic heterocycles. The molecule has 0 atom stereocenters. The summed E-state index contributed by atoms with van der Waals surface area (Å²) in [5.41, 5.74) is 4.50. The summed E-state index contributed by atoms with van der Waals surface area (Å²) in [6.07, 6.45) is 1.25. The van der Waals surface area contributed by atoms with Crippen molar-refractivity contribution in [3.8, 4) is 5.75 Å². The average Bonchev–Trinajstić information content (AvgIpc) is 2.63. The summed E-state index contributed by atoms with van der Waals surface area (Å²) >= 11 is 0. The SMILES string of the molecule is CC(C)(C)c1ccc(OCC(=O)N2CCC(C(=O)NN)CC2)c(C(C)(C)C)c1. The lowest BCUT2D eigenvalue weighted by atomic mass is 9.80. The molecule has 0 unspecified atom stereocenters. The van der Waals surface area contributed by atoms with Crippen LogP contribution in [0.1, 0.15) is 65.5 Å². The van der Waals surface area contributed by atoms with Crippen molar-refractivity contribution >= 4 is 11.8 Å². The Morgan fingerprint density at radius 2 is 1.71 bits per heavy atom. The van der Waals surface area contributed by atoms with E-state index in [-0.39, 0.29) is 35.2 Å². The Kier molecular flexibility index (Phi) is 6.75. The molecule has 2 rings (SSSR count). The van der Waals surface area contributed by atoms with Crippen LogP contribution in [0.2, 0.25) is 0 Å². The Balaban J connectivity index is 2.04. The fraction of sp³-hybridized carbons (Fsp3) is 0.636. The van der Waals surface area contributed by atoms with E-state index in [2.05, 4.69) is 59.1 Å². The second-order valence-corrected chi connectivity index (χ2v) is 9.66. The molecule has 1 aliphatic rings. The number of hydrazine groups is 1. The lowest BCUT2D eigenvalue weighted by molar-refractivity contribution is -0.137. The van der Waals surface area contributed by atoms with Gasteiger partial charge in [-0.2, -0.15) is 0 Å². The maximum Gasteiger partial charge on any atom is 0.260 e. The number of hydrogen-bond acceptors (Lipinski definition) is 4. The molecule has 0 saturated carbocycles. The van der Waals surface area contributed by atoms with Crippen molar-refractivity contribution in [3.63, 3.8) is 0 Å². The summed E-state index contributed by atoms with van der Waals surface area (Å²) < 4.78 is 5.95. The van der Waals surface area contributed by atoms with Gasteiger partial charge < -0.3 is 9.64 Å². The minimum Gasteiger partial charge on any atom is -0.483 e. The Hall–Kier alpha value is -2.08. The lowest BCUT2D eigenvalue weighted by Gasteiger charge is -2.31. The van der Waals surface area contributed by atoms with Crippen molar-refractivity contribution in [1.29, 1.82) is 0 Å². The number of piperidine rings is 1. The predicted octanol–water partition coefficient (Wildman–Crippen LogP) is 2.89. The van der Waals surface area contributed by atoms with E-state index < -0.39 is 0 Å². The molecule has 0 aromatic heterocycles. The zero-order valence-corrected chi connectivity index (χ0v) is 18.1. The van der Waals surface area contributed by atoms with Crippen molar-refractivity contribution < 1.29 is 14.3 Å². The number of nitrogens with zero attached hydrogens (tertiary/aromatic N) is 1. The number of hydrogen-bond donors (Lipinski definition) is 2. The highest BCUT2D eigenvalue weighted by molar-refractivity contribution is 5.80. The van der Waals surface area contributed by atoms with Gasteiger partial charge in [0.2, 0.25) is 5.91 Å². The van der Waals surface area contributed by atoms with Gasteiger partial charge in [-0.05, 0) is 40.9 Å². The van der Waals surface area contributed by atoms with Crippen LogP contribution in [0.5, 0.6) is 5.75 Å². The molecular weight excluding hydrogens is 354 g/mol. The van der Waals surface area contributed by atoms with Gasteiger partial charge in [0, 0.05) is 19.0 Å². The number of nitrogens with two attached hydrogens (primary N) is 1. The van der Waals surface area contributed by atoms with E-state index in [0.717, 1.165) is 11.3 Å². The van der Waals surface area contributed by atoms with Crippen LogP contribution in [0.25, 0.3) is 0 Å². The number of benzene rings is 1. The molecule has 1 heterocycles. The minimum atomic E-state index is -0.155. The van der Waals surface area contributed by atoms with Crippen LogP contribution >= 0.6 is 0 Å². The number of ether oxygens (including phenoxy) is 1. The molecule has 156 valence electrons. The molecular formula is C22H35N3O3. The second-order valence-electron chi connectivity index (χ2n) is 9.66. The third-order valence-electron chi connectivity index (χ3n) is 5.37. The van der Waals surface area contributed by atoms with Gasteiger partial charge in [0.1, 0.15) is 5.75 Å². The van der Waals surface area contributed by atoms with Gasteiger partial charge in [-0.15, -0.1) is 0 Å². The summed E-state index contributed by atoms with van der Waals surface area (Å²) in [4.78, 5) is 26.0. The van der Waals surface area contributed by atoms with E-state index in [1.54, 1.807) is 4.90 Å². The maximum absolute atomic E-state index is 12.6. The van der Waals surface area contributed by atoms with Crippen LogP contribution in [0, 0.1) is 5.92 Å². The van der Waals surface area contributed by atoms with Crippen LogP contribution in [-0.4, -0.2) is 36.4 Å². The number of carbonyl (C=O) groups excluding carboxylic acids is 2. The van der Waals surface area contributed by atoms with Crippen molar-refractivity contribution in [2.45, 2.75) is 65.2 Å². The number of nitrogens with one attached hydrogen (secondary N) is 1. The largest absolute Gasteiger partial charge is 0.483 e. The molecule has 1 aromatic rings. The number of rotatable bonds is 4.